The van der Waals surface area contributed by atoms with Gasteiger partial charge in [0, 0.05) is 23.0 Å². The van der Waals surface area contributed by atoms with Gasteiger partial charge in [-0.25, -0.2) is 14.8 Å². The maximum atomic E-state index is 12.7. The Hall–Kier alpha value is -3.37. The summed E-state index contributed by atoms with van der Waals surface area (Å²) in [5.74, 6) is 0.0391. The molecule has 0 saturated carbocycles. The summed E-state index contributed by atoms with van der Waals surface area (Å²) in [6.07, 6.45) is 2.01. The predicted molar refractivity (Wildman–Crippen MR) is 127 cm³/mol. The number of nitro benzene ring substituents is 1. The number of carbonyl (C=O) groups excluding carboxylic acids is 1. The lowest BCUT2D eigenvalue weighted by atomic mass is 10.2. The van der Waals surface area contributed by atoms with Crippen molar-refractivity contribution in [1.29, 1.82) is 0 Å². The van der Waals surface area contributed by atoms with Crippen LogP contribution in [0.4, 0.5) is 17.2 Å². The van der Waals surface area contributed by atoms with Crippen molar-refractivity contribution in [3.05, 3.63) is 85.4 Å². The number of benzene rings is 2. The summed E-state index contributed by atoms with van der Waals surface area (Å²) in [4.78, 5) is 33.0. The zero-order chi connectivity index (χ0) is 22.7. The highest BCUT2D eigenvalue weighted by Gasteiger charge is 2.21. The number of carbonyl (C=O) groups is 1. The molecular formula is C22H17BrN4O4S. The average Bonchev–Trinajstić information content (AvgIpc) is 3.13. The highest BCUT2D eigenvalue weighted by atomic mass is 79.9. The molecule has 10 heteroatoms. The Labute approximate surface area is 195 Å². The maximum absolute atomic E-state index is 12.7. The molecule has 0 spiro atoms. The van der Waals surface area contributed by atoms with Crippen LogP contribution in [-0.2, 0) is 11.2 Å². The number of ether oxygens (including phenoxy) is 1. The Morgan fingerprint density at radius 2 is 2.00 bits per heavy atom. The van der Waals surface area contributed by atoms with Gasteiger partial charge in [-0.15, -0.1) is 11.3 Å². The van der Waals surface area contributed by atoms with Crippen molar-refractivity contribution >= 4 is 60.6 Å². The highest BCUT2D eigenvalue weighted by Crippen LogP contribution is 2.36. The maximum Gasteiger partial charge on any atom is 0.348 e. The molecule has 0 aliphatic heterocycles. The summed E-state index contributed by atoms with van der Waals surface area (Å²) >= 11 is 4.63. The number of aryl methyl sites for hydroxylation is 1. The van der Waals surface area contributed by atoms with Gasteiger partial charge in [-0.3, -0.25) is 10.1 Å². The molecule has 2 aromatic carbocycles. The summed E-state index contributed by atoms with van der Waals surface area (Å²) in [7, 11) is 0. The molecule has 4 rings (SSSR count). The van der Waals surface area contributed by atoms with E-state index in [0.29, 0.717) is 43.1 Å². The number of rotatable bonds is 7. The lowest BCUT2D eigenvalue weighted by Gasteiger charge is -2.09. The van der Waals surface area contributed by atoms with E-state index in [4.69, 9.17) is 4.74 Å². The number of nitrogens with zero attached hydrogens (tertiary/aromatic N) is 3. The van der Waals surface area contributed by atoms with E-state index in [-0.39, 0.29) is 12.3 Å². The first-order chi connectivity index (χ1) is 15.4. The minimum Gasteiger partial charge on any atom is -0.461 e. The molecule has 4 aromatic rings. The number of thiophene rings is 1. The summed E-state index contributed by atoms with van der Waals surface area (Å²) < 4.78 is 6.12. The number of non-ortho nitro benzene ring substituents is 1. The van der Waals surface area contributed by atoms with E-state index in [1.54, 1.807) is 6.07 Å². The molecule has 1 N–H and O–H groups in total. The van der Waals surface area contributed by atoms with E-state index < -0.39 is 10.9 Å². The monoisotopic (exact) mass is 512 g/mol. The van der Waals surface area contributed by atoms with Crippen LogP contribution in [0.3, 0.4) is 0 Å². The molecule has 8 nitrogen and oxygen atoms in total. The van der Waals surface area contributed by atoms with Gasteiger partial charge in [-0.05, 0) is 40.0 Å². The third kappa shape index (κ3) is 4.61. The molecule has 162 valence electrons. The van der Waals surface area contributed by atoms with Gasteiger partial charge in [0.05, 0.1) is 22.6 Å². The van der Waals surface area contributed by atoms with Crippen molar-refractivity contribution in [2.75, 3.05) is 11.9 Å². The van der Waals surface area contributed by atoms with Gasteiger partial charge in [0.15, 0.2) is 0 Å². The number of nitro groups is 1. The molecule has 0 saturated heterocycles. The van der Waals surface area contributed by atoms with E-state index in [9.17, 15) is 14.9 Å². The Morgan fingerprint density at radius 3 is 2.75 bits per heavy atom. The van der Waals surface area contributed by atoms with Crippen LogP contribution in [-0.4, -0.2) is 27.5 Å². The van der Waals surface area contributed by atoms with E-state index in [0.717, 1.165) is 5.56 Å². The SMILES string of the molecule is Cc1c(C(=O)OCCc2ccccc2)sc2ncnc(Nc3cc([N+](=O)[O-])ccc3Br)c12. The summed E-state index contributed by atoms with van der Waals surface area (Å²) in [6.45, 7) is 2.08. The van der Waals surface area contributed by atoms with Crippen molar-refractivity contribution in [2.45, 2.75) is 13.3 Å². The van der Waals surface area contributed by atoms with Crippen LogP contribution in [0.5, 0.6) is 0 Å². The minimum atomic E-state index is -0.466. The first kappa shape index (κ1) is 21.8. The Bertz CT molecular complexity index is 1310. The van der Waals surface area contributed by atoms with Crippen molar-refractivity contribution in [3.8, 4) is 0 Å². The molecule has 0 bridgehead atoms. The van der Waals surface area contributed by atoms with Crippen molar-refractivity contribution in [1.82, 2.24) is 9.97 Å². The van der Waals surface area contributed by atoms with Gasteiger partial charge in [-0.2, -0.15) is 0 Å². The van der Waals surface area contributed by atoms with Crippen LogP contribution in [0.25, 0.3) is 10.2 Å². The van der Waals surface area contributed by atoms with Gasteiger partial charge in [-0.1, -0.05) is 30.3 Å². The fourth-order valence-corrected chi connectivity index (χ4v) is 4.57. The van der Waals surface area contributed by atoms with Crippen LogP contribution in [0, 0.1) is 17.0 Å². The summed E-state index contributed by atoms with van der Waals surface area (Å²) in [5, 5.41) is 14.9. The molecule has 0 radical (unpaired) electrons. The lowest BCUT2D eigenvalue weighted by Crippen LogP contribution is -2.07. The number of fused-ring (bicyclic) bond motifs is 1. The second-order valence-electron chi connectivity index (χ2n) is 6.88. The fourth-order valence-electron chi connectivity index (χ4n) is 3.18. The van der Waals surface area contributed by atoms with Crippen LogP contribution in [0.1, 0.15) is 20.8 Å². The van der Waals surface area contributed by atoms with Crippen molar-refractivity contribution in [3.63, 3.8) is 0 Å². The molecule has 0 atom stereocenters. The Balaban J connectivity index is 1.58. The fraction of sp³-hybridized carbons (Fsp3) is 0.136. The van der Waals surface area contributed by atoms with Crippen molar-refractivity contribution in [2.24, 2.45) is 0 Å². The van der Waals surface area contributed by atoms with Crippen LogP contribution in [0.2, 0.25) is 0 Å². The third-order valence-electron chi connectivity index (χ3n) is 4.79. The highest BCUT2D eigenvalue weighted by molar-refractivity contribution is 9.10. The number of halogens is 1. The summed E-state index contributed by atoms with van der Waals surface area (Å²) in [6, 6.07) is 14.2. The largest absolute Gasteiger partial charge is 0.461 e. The molecule has 0 fully saturated rings. The number of hydrogen-bond acceptors (Lipinski definition) is 8. The average molecular weight is 513 g/mol. The Morgan fingerprint density at radius 1 is 1.22 bits per heavy atom. The van der Waals surface area contributed by atoms with Crippen molar-refractivity contribution < 1.29 is 14.5 Å². The second kappa shape index (κ2) is 9.41. The molecule has 0 aliphatic carbocycles. The summed E-state index contributed by atoms with van der Waals surface area (Å²) in [5.41, 5.74) is 2.22. The van der Waals surface area contributed by atoms with Crippen LogP contribution < -0.4 is 5.32 Å². The molecule has 0 aliphatic rings. The number of hydrogen-bond donors (Lipinski definition) is 1. The first-order valence-corrected chi connectivity index (χ1v) is 11.2. The van der Waals surface area contributed by atoms with E-state index in [2.05, 4.69) is 31.2 Å². The molecule has 0 unspecified atom stereocenters. The Kier molecular flexibility index (Phi) is 6.42. The molecule has 2 aromatic heterocycles. The number of anilines is 2. The van der Waals surface area contributed by atoms with Gasteiger partial charge in [0.1, 0.15) is 21.9 Å². The normalized spacial score (nSPS) is 10.8. The van der Waals surface area contributed by atoms with Gasteiger partial charge in [0.2, 0.25) is 0 Å². The molecule has 2 heterocycles. The van der Waals surface area contributed by atoms with E-state index in [1.165, 1.54) is 29.8 Å². The number of esters is 1. The van der Waals surface area contributed by atoms with E-state index in [1.807, 2.05) is 37.3 Å². The number of nitrogens with one attached hydrogen (secondary N) is 1. The van der Waals surface area contributed by atoms with Gasteiger partial charge in [0.25, 0.3) is 5.69 Å². The minimum absolute atomic E-state index is 0.0503. The third-order valence-corrected chi connectivity index (χ3v) is 6.66. The standard InChI is InChI=1S/C22H17BrN4O4S/c1-13-18-20(26-17-11-15(27(29)30)7-8-16(17)23)24-12-25-21(18)32-19(13)22(28)31-10-9-14-5-3-2-4-6-14/h2-8,11-12H,9-10H2,1H3,(H,24,25,26). The van der Waals surface area contributed by atoms with Gasteiger partial charge < -0.3 is 10.1 Å². The zero-order valence-corrected chi connectivity index (χ0v) is 19.3. The first-order valence-electron chi connectivity index (χ1n) is 9.60. The molecule has 0 amide bonds. The second-order valence-corrected chi connectivity index (χ2v) is 8.73. The zero-order valence-electron chi connectivity index (χ0n) is 16.9. The number of aromatic nitrogens is 2. The topological polar surface area (TPSA) is 107 Å². The predicted octanol–water partition coefficient (Wildman–Crippen LogP) is 5.81. The lowest BCUT2D eigenvalue weighted by molar-refractivity contribution is -0.384. The van der Waals surface area contributed by atoms with E-state index >= 15 is 0 Å². The van der Waals surface area contributed by atoms with Crippen LogP contribution >= 0.6 is 27.3 Å². The molecule has 32 heavy (non-hydrogen) atoms. The van der Waals surface area contributed by atoms with Gasteiger partial charge >= 0.3 is 5.97 Å². The van der Waals surface area contributed by atoms with Crippen LogP contribution in [0.15, 0.2) is 59.3 Å². The molecular weight excluding hydrogens is 496 g/mol. The smallest absolute Gasteiger partial charge is 0.348 e. The quantitative estimate of drug-likeness (QED) is 0.189.